The third-order valence-corrected chi connectivity index (χ3v) is 2.89. The van der Waals surface area contributed by atoms with Gasteiger partial charge in [-0.1, -0.05) is 12.8 Å². The molecule has 0 radical (unpaired) electrons. The summed E-state index contributed by atoms with van der Waals surface area (Å²) in [6.07, 6.45) is 8.41. The Bertz CT molecular complexity index is 124. The lowest BCUT2D eigenvalue weighted by Crippen LogP contribution is -2.38. The van der Waals surface area contributed by atoms with Gasteiger partial charge in [0.2, 0.25) is 0 Å². The van der Waals surface area contributed by atoms with Gasteiger partial charge in [-0.2, -0.15) is 0 Å². The fourth-order valence-corrected chi connectivity index (χ4v) is 1.87. The average molecular weight is 168 g/mol. The smallest absolute Gasteiger partial charge is 0.0192 e. The first kappa shape index (κ1) is 8.52. The van der Waals surface area contributed by atoms with Crippen molar-refractivity contribution in [1.82, 2.24) is 10.6 Å². The van der Waals surface area contributed by atoms with Crippen LogP contribution in [0.4, 0.5) is 0 Å². The van der Waals surface area contributed by atoms with Crippen molar-refractivity contribution >= 4 is 0 Å². The molecule has 1 saturated carbocycles. The minimum absolute atomic E-state index is 0.757. The number of nitrogens with one attached hydrogen (secondary N) is 2. The average Bonchev–Trinajstić information content (AvgIpc) is 2.90. The van der Waals surface area contributed by atoms with Crippen LogP contribution in [-0.2, 0) is 0 Å². The Labute approximate surface area is 75.1 Å². The fourth-order valence-electron chi connectivity index (χ4n) is 1.87. The minimum atomic E-state index is 0.757. The summed E-state index contributed by atoms with van der Waals surface area (Å²) >= 11 is 0. The molecule has 0 bridgehead atoms. The largest absolute Gasteiger partial charge is 0.313 e. The molecule has 2 nitrogen and oxygen atoms in total. The molecule has 1 aliphatic heterocycles. The normalized spacial score (nSPS) is 31.5. The molecule has 1 atom stereocenters. The van der Waals surface area contributed by atoms with Crippen LogP contribution < -0.4 is 10.6 Å². The maximum absolute atomic E-state index is 3.60. The minimum Gasteiger partial charge on any atom is -0.313 e. The predicted octanol–water partition coefficient (Wildman–Crippen LogP) is 1.27. The Balaban J connectivity index is 1.62. The van der Waals surface area contributed by atoms with Gasteiger partial charge in [0, 0.05) is 18.6 Å². The van der Waals surface area contributed by atoms with Crippen LogP contribution in [0.1, 0.15) is 38.5 Å². The highest BCUT2D eigenvalue weighted by Crippen LogP contribution is 2.18. The Morgan fingerprint density at radius 2 is 2.00 bits per heavy atom. The van der Waals surface area contributed by atoms with E-state index in [9.17, 15) is 0 Å². The van der Waals surface area contributed by atoms with Gasteiger partial charge in [-0.05, 0) is 32.2 Å². The van der Waals surface area contributed by atoms with E-state index in [4.69, 9.17) is 0 Å². The number of hydrogen-bond donors (Lipinski definition) is 2. The summed E-state index contributed by atoms with van der Waals surface area (Å²) in [6.45, 7) is 2.43. The first-order valence-electron chi connectivity index (χ1n) is 5.42. The van der Waals surface area contributed by atoms with E-state index in [1.165, 1.54) is 51.6 Å². The van der Waals surface area contributed by atoms with Gasteiger partial charge in [0.05, 0.1) is 0 Å². The maximum atomic E-state index is 3.60. The van der Waals surface area contributed by atoms with Gasteiger partial charge in [-0.15, -0.1) is 0 Å². The second-order valence-electron chi connectivity index (χ2n) is 4.18. The first-order valence-corrected chi connectivity index (χ1v) is 5.42. The molecule has 2 fully saturated rings. The highest BCUT2D eigenvalue weighted by molar-refractivity contribution is 4.83. The second kappa shape index (κ2) is 4.24. The van der Waals surface area contributed by atoms with Crippen LogP contribution in [0.25, 0.3) is 0 Å². The van der Waals surface area contributed by atoms with Gasteiger partial charge in [0.15, 0.2) is 0 Å². The molecule has 0 aromatic heterocycles. The summed E-state index contributed by atoms with van der Waals surface area (Å²) in [7, 11) is 0. The highest BCUT2D eigenvalue weighted by Gasteiger charge is 2.21. The maximum Gasteiger partial charge on any atom is 0.0192 e. The first-order chi connectivity index (χ1) is 5.95. The molecule has 70 valence electrons. The number of rotatable bonds is 3. The molecule has 1 heterocycles. The van der Waals surface area contributed by atoms with E-state index in [2.05, 4.69) is 10.6 Å². The van der Waals surface area contributed by atoms with Gasteiger partial charge in [-0.3, -0.25) is 0 Å². The van der Waals surface area contributed by atoms with E-state index < -0.39 is 0 Å². The summed E-state index contributed by atoms with van der Waals surface area (Å²) in [5.41, 5.74) is 0. The lowest BCUT2D eigenvalue weighted by Gasteiger charge is -2.15. The van der Waals surface area contributed by atoms with Crippen molar-refractivity contribution in [3.05, 3.63) is 0 Å². The molecule has 2 aliphatic rings. The van der Waals surface area contributed by atoms with Crippen LogP contribution in [0, 0.1) is 0 Å². The topological polar surface area (TPSA) is 24.1 Å². The molecule has 2 N–H and O–H groups in total. The third-order valence-electron chi connectivity index (χ3n) is 2.89. The number of hydrogen-bond acceptors (Lipinski definition) is 2. The van der Waals surface area contributed by atoms with E-state index in [0.717, 1.165) is 12.1 Å². The summed E-state index contributed by atoms with van der Waals surface area (Å²) in [5, 5.41) is 7.19. The van der Waals surface area contributed by atoms with Crippen LogP contribution in [0.15, 0.2) is 0 Å². The standard InChI is InChI=1S/C10H20N2/c1-2-4-10(11-7-3-1)8-12-9-5-6-9/h9-12H,1-8H2. The van der Waals surface area contributed by atoms with Crippen LogP contribution in [0.2, 0.25) is 0 Å². The van der Waals surface area contributed by atoms with Crippen LogP contribution >= 0.6 is 0 Å². The van der Waals surface area contributed by atoms with Crippen LogP contribution in [0.3, 0.4) is 0 Å². The zero-order chi connectivity index (χ0) is 8.23. The van der Waals surface area contributed by atoms with E-state index in [1.807, 2.05) is 0 Å². The molecule has 1 unspecified atom stereocenters. The van der Waals surface area contributed by atoms with Crippen molar-refractivity contribution < 1.29 is 0 Å². The van der Waals surface area contributed by atoms with Gasteiger partial charge >= 0.3 is 0 Å². The Kier molecular flexibility index (Phi) is 3.01. The summed E-state index contributed by atoms with van der Waals surface area (Å²) in [6, 6.07) is 1.63. The van der Waals surface area contributed by atoms with Crippen LogP contribution in [-0.4, -0.2) is 25.2 Å². The van der Waals surface area contributed by atoms with Gasteiger partial charge < -0.3 is 10.6 Å². The third kappa shape index (κ3) is 2.76. The highest BCUT2D eigenvalue weighted by atomic mass is 15.0. The monoisotopic (exact) mass is 168 g/mol. The lowest BCUT2D eigenvalue weighted by molar-refractivity contribution is 0.469. The predicted molar refractivity (Wildman–Crippen MR) is 51.3 cm³/mol. The van der Waals surface area contributed by atoms with E-state index in [1.54, 1.807) is 0 Å². The van der Waals surface area contributed by atoms with Crippen molar-refractivity contribution in [2.24, 2.45) is 0 Å². The quantitative estimate of drug-likeness (QED) is 0.663. The molecule has 1 saturated heterocycles. The second-order valence-corrected chi connectivity index (χ2v) is 4.18. The van der Waals surface area contributed by atoms with E-state index >= 15 is 0 Å². The summed E-state index contributed by atoms with van der Waals surface area (Å²) in [4.78, 5) is 0. The van der Waals surface area contributed by atoms with Gasteiger partial charge in [-0.25, -0.2) is 0 Å². The SMILES string of the molecule is C1CCNC(CNC2CC2)CC1. The zero-order valence-electron chi connectivity index (χ0n) is 7.81. The molecular weight excluding hydrogens is 148 g/mol. The van der Waals surface area contributed by atoms with Crippen molar-refractivity contribution in [2.45, 2.75) is 50.6 Å². The molecule has 2 heteroatoms. The summed E-state index contributed by atoms with van der Waals surface area (Å²) in [5.74, 6) is 0. The zero-order valence-corrected chi connectivity index (χ0v) is 7.81. The van der Waals surface area contributed by atoms with Gasteiger partial charge in [0.25, 0.3) is 0 Å². The molecule has 1 aliphatic carbocycles. The Morgan fingerprint density at radius 3 is 2.83 bits per heavy atom. The van der Waals surface area contributed by atoms with Gasteiger partial charge in [0.1, 0.15) is 0 Å². The van der Waals surface area contributed by atoms with Crippen LogP contribution in [0.5, 0.6) is 0 Å². The molecular formula is C10H20N2. The van der Waals surface area contributed by atoms with Crippen molar-refractivity contribution in [2.75, 3.05) is 13.1 Å². The lowest BCUT2D eigenvalue weighted by atomic mass is 10.1. The Hall–Kier alpha value is -0.0800. The van der Waals surface area contributed by atoms with Crippen molar-refractivity contribution in [3.63, 3.8) is 0 Å². The molecule has 12 heavy (non-hydrogen) atoms. The molecule has 0 spiro atoms. The molecule has 0 amide bonds. The van der Waals surface area contributed by atoms with Crippen molar-refractivity contribution in [3.8, 4) is 0 Å². The molecule has 2 rings (SSSR count). The molecule has 0 aromatic rings. The summed E-state index contributed by atoms with van der Waals surface area (Å²) < 4.78 is 0. The van der Waals surface area contributed by atoms with Crippen molar-refractivity contribution in [1.29, 1.82) is 0 Å². The molecule has 0 aromatic carbocycles. The Morgan fingerprint density at radius 1 is 1.08 bits per heavy atom. The van der Waals surface area contributed by atoms with E-state index in [0.29, 0.717) is 0 Å². The fraction of sp³-hybridized carbons (Fsp3) is 1.00. The van der Waals surface area contributed by atoms with E-state index in [-0.39, 0.29) is 0 Å².